The predicted octanol–water partition coefficient (Wildman–Crippen LogP) is 3.84. The average molecular weight is 362 g/mol. The van der Waals surface area contributed by atoms with Crippen molar-refractivity contribution < 1.29 is 4.79 Å². The van der Waals surface area contributed by atoms with E-state index in [0.29, 0.717) is 22.2 Å². The van der Waals surface area contributed by atoms with Crippen molar-refractivity contribution in [1.82, 2.24) is 10.2 Å². The monoisotopic (exact) mass is 361 g/mol. The zero-order valence-electron chi connectivity index (χ0n) is 13.9. The highest BCUT2D eigenvalue weighted by atomic mass is 35.5. The van der Waals surface area contributed by atoms with E-state index in [9.17, 15) is 4.79 Å². The standard InChI is InChI=1S/C18H20ClN3OS/c1-12-4-9-15(10-16(12)19)21-18(24)22(3)11-13-5-7-14(8-6-13)17(23)20-2/h4-10H,11H2,1-3H3,(H,20,23)(H,21,24). The number of halogens is 1. The second kappa shape index (κ2) is 8.13. The number of rotatable bonds is 4. The summed E-state index contributed by atoms with van der Waals surface area (Å²) in [5.41, 5.74) is 3.59. The van der Waals surface area contributed by atoms with E-state index in [4.69, 9.17) is 23.8 Å². The summed E-state index contributed by atoms with van der Waals surface area (Å²) in [6.07, 6.45) is 0. The highest BCUT2D eigenvalue weighted by molar-refractivity contribution is 7.80. The minimum atomic E-state index is -0.0941. The van der Waals surface area contributed by atoms with Gasteiger partial charge in [0, 0.05) is 36.9 Å². The summed E-state index contributed by atoms with van der Waals surface area (Å²) in [6.45, 7) is 2.60. The molecule has 126 valence electrons. The molecule has 0 atom stereocenters. The van der Waals surface area contributed by atoms with Gasteiger partial charge in [0.1, 0.15) is 0 Å². The summed E-state index contributed by atoms with van der Waals surface area (Å²) in [5, 5.41) is 7.09. The van der Waals surface area contributed by atoms with E-state index >= 15 is 0 Å². The highest BCUT2D eigenvalue weighted by Crippen LogP contribution is 2.20. The Morgan fingerprint density at radius 2 is 1.88 bits per heavy atom. The lowest BCUT2D eigenvalue weighted by Gasteiger charge is -2.21. The van der Waals surface area contributed by atoms with Gasteiger partial charge in [-0.25, -0.2) is 0 Å². The molecular formula is C18H20ClN3OS. The van der Waals surface area contributed by atoms with E-state index in [1.165, 1.54) is 0 Å². The van der Waals surface area contributed by atoms with E-state index < -0.39 is 0 Å². The van der Waals surface area contributed by atoms with E-state index in [-0.39, 0.29) is 5.91 Å². The van der Waals surface area contributed by atoms with Crippen molar-refractivity contribution in [3.63, 3.8) is 0 Å². The largest absolute Gasteiger partial charge is 0.355 e. The van der Waals surface area contributed by atoms with Crippen LogP contribution in [0.25, 0.3) is 0 Å². The minimum absolute atomic E-state index is 0.0941. The lowest BCUT2D eigenvalue weighted by molar-refractivity contribution is 0.0963. The average Bonchev–Trinajstić information content (AvgIpc) is 2.58. The molecule has 4 nitrogen and oxygen atoms in total. The maximum atomic E-state index is 11.5. The molecule has 0 spiro atoms. The Morgan fingerprint density at radius 1 is 1.21 bits per heavy atom. The molecule has 1 amide bonds. The number of carbonyl (C=O) groups excluding carboxylic acids is 1. The molecule has 0 bridgehead atoms. The maximum absolute atomic E-state index is 11.5. The first-order valence-corrected chi connectivity index (χ1v) is 8.28. The quantitative estimate of drug-likeness (QED) is 0.812. The first kappa shape index (κ1) is 18.2. The normalized spacial score (nSPS) is 10.2. The van der Waals surface area contributed by atoms with Gasteiger partial charge in [-0.05, 0) is 54.5 Å². The molecule has 0 saturated carbocycles. The van der Waals surface area contributed by atoms with Gasteiger partial charge in [0.2, 0.25) is 0 Å². The Balaban J connectivity index is 1.98. The number of benzene rings is 2. The van der Waals surface area contributed by atoms with Crippen molar-refractivity contribution in [2.24, 2.45) is 0 Å². The van der Waals surface area contributed by atoms with Crippen LogP contribution in [0.3, 0.4) is 0 Å². The van der Waals surface area contributed by atoms with Gasteiger partial charge in [0.15, 0.2) is 5.11 Å². The van der Waals surface area contributed by atoms with E-state index in [1.807, 2.05) is 49.2 Å². The second-order valence-electron chi connectivity index (χ2n) is 5.53. The van der Waals surface area contributed by atoms with Crippen LogP contribution >= 0.6 is 23.8 Å². The van der Waals surface area contributed by atoms with Crippen molar-refractivity contribution in [3.05, 3.63) is 64.2 Å². The number of hydrogen-bond donors (Lipinski definition) is 2. The Labute approximate surface area is 152 Å². The topological polar surface area (TPSA) is 44.4 Å². The van der Waals surface area contributed by atoms with Gasteiger partial charge in [-0.1, -0.05) is 29.8 Å². The fourth-order valence-electron chi connectivity index (χ4n) is 2.14. The molecule has 2 rings (SSSR count). The molecule has 2 aromatic carbocycles. The van der Waals surface area contributed by atoms with Crippen molar-refractivity contribution in [2.75, 3.05) is 19.4 Å². The molecule has 0 heterocycles. The third kappa shape index (κ3) is 4.69. The third-order valence-corrected chi connectivity index (χ3v) is 4.45. The molecule has 0 aromatic heterocycles. The van der Waals surface area contributed by atoms with E-state index in [1.54, 1.807) is 19.2 Å². The Hall–Kier alpha value is -2.11. The van der Waals surface area contributed by atoms with Gasteiger partial charge in [-0.3, -0.25) is 4.79 Å². The summed E-state index contributed by atoms with van der Waals surface area (Å²) >= 11 is 11.6. The van der Waals surface area contributed by atoms with Crippen LogP contribution in [-0.2, 0) is 6.54 Å². The van der Waals surface area contributed by atoms with Crippen molar-refractivity contribution in [3.8, 4) is 0 Å². The van der Waals surface area contributed by atoms with Crippen molar-refractivity contribution in [2.45, 2.75) is 13.5 Å². The smallest absolute Gasteiger partial charge is 0.251 e. The van der Waals surface area contributed by atoms with Gasteiger partial charge < -0.3 is 15.5 Å². The summed E-state index contributed by atoms with van der Waals surface area (Å²) in [7, 11) is 3.53. The van der Waals surface area contributed by atoms with Gasteiger partial charge in [-0.2, -0.15) is 0 Å². The lowest BCUT2D eigenvalue weighted by atomic mass is 10.1. The number of amides is 1. The van der Waals surface area contributed by atoms with Gasteiger partial charge in [0.25, 0.3) is 5.91 Å². The van der Waals surface area contributed by atoms with Gasteiger partial charge in [0.05, 0.1) is 0 Å². The highest BCUT2D eigenvalue weighted by Gasteiger charge is 2.08. The Morgan fingerprint density at radius 3 is 2.46 bits per heavy atom. The van der Waals surface area contributed by atoms with Crippen LogP contribution in [0.1, 0.15) is 21.5 Å². The van der Waals surface area contributed by atoms with Crippen LogP contribution in [0, 0.1) is 6.92 Å². The second-order valence-corrected chi connectivity index (χ2v) is 6.32. The SMILES string of the molecule is CNC(=O)c1ccc(CN(C)C(=S)Nc2ccc(C)c(Cl)c2)cc1. The molecule has 0 saturated heterocycles. The van der Waals surface area contributed by atoms with Crippen LogP contribution in [0.4, 0.5) is 5.69 Å². The van der Waals surface area contributed by atoms with E-state index in [2.05, 4.69) is 10.6 Å². The number of thiocarbonyl (C=S) groups is 1. The van der Waals surface area contributed by atoms with Crippen LogP contribution in [0.15, 0.2) is 42.5 Å². The molecule has 0 aliphatic carbocycles. The molecule has 0 aliphatic rings. The molecule has 24 heavy (non-hydrogen) atoms. The fourth-order valence-corrected chi connectivity index (χ4v) is 2.50. The first-order chi connectivity index (χ1) is 11.4. The van der Waals surface area contributed by atoms with Crippen LogP contribution in [0.5, 0.6) is 0 Å². The summed E-state index contributed by atoms with van der Waals surface area (Å²) in [4.78, 5) is 13.5. The molecule has 0 aliphatic heterocycles. The van der Waals surface area contributed by atoms with Crippen molar-refractivity contribution >= 4 is 40.5 Å². The number of nitrogens with one attached hydrogen (secondary N) is 2. The zero-order chi connectivity index (χ0) is 17.7. The molecule has 0 radical (unpaired) electrons. The number of carbonyl (C=O) groups is 1. The Kier molecular flexibility index (Phi) is 6.17. The number of hydrogen-bond acceptors (Lipinski definition) is 2. The lowest BCUT2D eigenvalue weighted by Crippen LogP contribution is -2.30. The molecule has 2 aromatic rings. The number of anilines is 1. The van der Waals surface area contributed by atoms with Crippen LogP contribution in [-0.4, -0.2) is 30.0 Å². The predicted molar refractivity (Wildman–Crippen MR) is 104 cm³/mol. The fraction of sp³-hybridized carbons (Fsp3) is 0.222. The molecule has 0 unspecified atom stereocenters. The molecule has 6 heteroatoms. The third-order valence-electron chi connectivity index (χ3n) is 3.63. The van der Waals surface area contributed by atoms with Crippen LogP contribution in [0.2, 0.25) is 5.02 Å². The van der Waals surface area contributed by atoms with Crippen molar-refractivity contribution in [1.29, 1.82) is 0 Å². The Bertz CT molecular complexity index is 746. The zero-order valence-corrected chi connectivity index (χ0v) is 15.5. The van der Waals surface area contributed by atoms with Gasteiger partial charge in [-0.15, -0.1) is 0 Å². The molecule has 0 fully saturated rings. The number of nitrogens with zero attached hydrogens (tertiary/aromatic N) is 1. The number of aryl methyl sites for hydroxylation is 1. The van der Waals surface area contributed by atoms with Crippen LogP contribution < -0.4 is 10.6 Å². The summed E-state index contributed by atoms with van der Waals surface area (Å²) in [5.74, 6) is -0.0941. The maximum Gasteiger partial charge on any atom is 0.251 e. The van der Waals surface area contributed by atoms with Gasteiger partial charge >= 0.3 is 0 Å². The molecule has 2 N–H and O–H groups in total. The van der Waals surface area contributed by atoms with E-state index in [0.717, 1.165) is 16.8 Å². The minimum Gasteiger partial charge on any atom is -0.355 e. The molecular weight excluding hydrogens is 342 g/mol. The first-order valence-electron chi connectivity index (χ1n) is 7.50. The summed E-state index contributed by atoms with van der Waals surface area (Å²) < 4.78 is 0. The summed E-state index contributed by atoms with van der Waals surface area (Å²) in [6, 6.07) is 13.2.